The van der Waals surface area contributed by atoms with Gasteiger partial charge >= 0.3 is 0 Å². The van der Waals surface area contributed by atoms with E-state index < -0.39 is 0 Å². The summed E-state index contributed by atoms with van der Waals surface area (Å²) >= 11 is 0. The number of aryl methyl sites for hydroxylation is 2. The summed E-state index contributed by atoms with van der Waals surface area (Å²) < 4.78 is 2.01. The molecule has 2 heteroatoms. The van der Waals surface area contributed by atoms with E-state index in [9.17, 15) is 0 Å². The standard InChI is InChI=1S/C20H18N2/c1-22-20(18-9-5-6-10-19(18)21-22)17-13-11-16(12-14-17)15-7-3-2-4-8-15/h2-5,7-9,11-14H,6,10H2,1H3. The highest BCUT2D eigenvalue weighted by Gasteiger charge is 2.17. The molecule has 1 aliphatic rings. The average Bonchev–Trinajstić information content (AvgIpc) is 2.91. The Bertz CT molecular complexity index is 824. The van der Waals surface area contributed by atoms with Crippen LogP contribution in [-0.2, 0) is 13.5 Å². The van der Waals surface area contributed by atoms with Crippen LogP contribution >= 0.6 is 0 Å². The third kappa shape index (κ3) is 2.17. The predicted molar refractivity (Wildman–Crippen MR) is 91.4 cm³/mol. The van der Waals surface area contributed by atoms with Crippen LogP contribution in [0.1, 0.15) is 17.7 Å². The van der Waals surface area contributed by atoms with Gasteiger partial charge in [0.05, 0.1) is 11.4 Å². The number of hydrogen-bond acceptors (Lipinski definition) is 1. The highest BCUT2D eigenvalue weighted by molar-refractivity contribution is 5.76. The second kappa shape index (κ2) is 5.30. The van der Waals surface area contributed by atoms with Crippen molar-refractivity contribution in [1.29, 1.82) is 0 Å². The number of benzene rings is 2. The van der Waals surface area contributed by atoms with Crippen molar-refractivity contribution in [3.63, 3.8) is 0 Å². The normalized spacial score (nSPS) is 13.1. The maximum Gasteiger partial charge on any atom is 0.0754 e. The molecule has 1 aromatic heterocycles. The maximum atomic E-state index is 4.67. The minimum Gasteiger partial charge on any atom is -0.267 e. The van der Waals surface area contributed by atoms with E-state index in [1.54, 1.807) is 0 Å². The van der Waals surface area contributed by atoms with Crippen molar-refractivity contribution in [3.8, 4) is 22.4 Å². The Morgan fingerprint density at radius 1 is 0.864 bits per heavy atom. The number of hydrogen-bond donors (Lipinski definition) is 0. The molecule has 22 heavy (non-hydrogen) atoms. The van der Waals surface area contributed by atoms with Crippen LogP contribution in [0, 0.1) is 0 Å². The summed E-state index contributed by atoms with van der Waals surface area (Å²) in [5, 5.41) is 4.67. The largest absolute Gasteiger partial charge is 0.267 e. The van der Waals surface area contributed by atoms with Gasteiger partial charge in [0, 0.05) is 18.2 Å². The summed E-state index contributed by atoms with van der Waals surface area (Å²) in [6.07, 6.45) is 6.59. The molecule has 4 rings (SSSR count). The van der Waals surface area contributed by atoms with Crippen LogP contribution in [0.2, 0.25) is 0 Å². The van der Waals surface area contributed by atoms with Gasteiger partial charge in [-0.1, -0.05) is 66.7 Å². The smallest absolute Gasteiger partial charge is 0.0754 e. The van der Waals surface area contributed by atoms with Crippen molar-refractivity contribution in [1.82, 2.24) is 9.78 Å². The Hall–Kier alpha value is -2.61. The summed E-state index contributed by atoms with van der Waals surface area (Å²) in [6.45, 7) is 0. The van der Waals surface area contributed by atoms with E-state index in [1.807, 2.05) is 17.8 Å². The van der Waals surface area contributed by atoms with Crippen LogP contribution in [0.4, 0.5) is 0 Å². The molecule has 1 aliphatic carbocycles. The van der Waals surface area contributed by atoms with Crippen LogP contribution in [-0.4, -0.2) is 9.78 Å². The second-order valence-corrected chi connectivity index (χ2v) is 5.72. The van der Waals surface area contributed by atoms with Crippen LogP contribution < -0.4 is 0 Å². The lowest BCUT2D eigenvalue weighted by Crippen LogP contribution is -1.94. The van der Waals surface area contributed by atoms with Crippen molar-refractivity contribution >= 4 is 6.08 Å². The van der Waals surface area contributed by atoms with Gasteiger partial charge in [0.25, 0.3) is 0 Å². The minimum absolute atomic E-state index is 1.04. The quantitative estimate of drug-likeness (QED) is 0.667. The van der Waals surface area contributed by atoms with Crippen LogP contribution in [0.3, 0.4) is 0 Å². The van der Waals surface area contributed by atoms with E-state index in [4.69, 9.17) is 0 Å². The first-order valence-corrected chi connectivity index (χ1v) is 7.71. The molecule has 0 amide bonds. The van der Waals surface area contributed by atoms with Crippen molar-refractivity contribution in [3.05, 3.63) is 71.9 Å². The highest BCUT2D eigenvalue weighted by Crippen LogP contribution is 2.31. The van der Waals surface area contributed by atoms with E-state index in [1.165, 1.54) is 33.6 Å². The molecule has 108 valence electrons. The second-order valence-electron chi connectivity index (χ2n) is 5.72. The number of allylic oxidation sites excluding steroid dienone is 1. The lowest BCUT2D eigenvalue weighted by atomic mass is 9.97. The lowest BCUT2D eigenvalue weighted by Gasteiger charge is -2.08. The van der Waals surface area contributed by atoms with E-state index in [-0.39, 0.29) is 0 Å². The van der Waals surface area contributed by atoms with Gasteiger partial charge in [-0.15, -0.1) is 0 Å². The fraction of sp³-hybridized carbons (Fsp3) is 0.150. The Morgan fingerprint density at radius 2 is 1.55 bits per heavy atom. The SMILES string of the molecule is Cn1nc2c(c1-c1ccc(-c3ccccc3)cc1)C=CCC2. The lowest BCUT2D eigenvalue weighted by molar-refractivity contribution is 0.745. The predicted octanol–water partition coefficient (Wildman–Crippen LogP) is 4.71. The molecule has 0 bridgehead atoms. The van der Waals surface area contributed by atoms with Gasteiger partial charge < -0.3 is 0 Å². The molecule has 0 radical (unpaired) electrons. The number of fused-ring (bicyclic) bond motifs is 1. The van der Waals surface area contributed by atoms with Crippen molar-refractivity contribution in [2.24, 2.45) is 7.05 Å². The van der Waals surface area contributed by atoms with Gasteiger partial charge in [-0.2, -0.15) is 5.10 Å². The van der Waals surface area contributed by atoms with Crippen LogP contribution in [0.5, 0.6) is 0 Å². The molecular formula is C20H18N2. The van der Waals surface area contributed by atoms with Crippen LogP contribution in [0.15, 0.2) is 60.7 Å². The number of nitrogens with zero attached hydrogens (tertiary/aromatic N) is 2. The van der Waals surface area contributed by atoms with Crippen LogP contribution in [0.25, 0.3) is 28.5 Å². The Kier molecular flexibility index (Phi) is 3.15. The van der Waals surface area contributed by atoms with Gasteiger partial charge in [-0.05, 0) is 24.0 Å². The zero-order valence-corrected chi connectivity index (χ0v) is 12.7. The van der Waals surface area contributed by atoms with E-state index in [0.717, 1.165) is 12.8 Å². The van der Waals surface area contributed by atoms with Gasteiger partial charge in [-0.25, -0.2) is 0 Å². The molecule has 0 saturated heterocycles. The fourth-order valence-electron chi connectivity index (χ4n) is 3.17. The molecule has 1 heterocycles. The minimum atomic E-state index is 1.04. The molecule has 2 nitrogen and oxygen atoms in total. The fourth-order valence-corrected chi connectivity index (χ4v) is 3.17. The Morgan fingerprint density at radius 3 is 2.32 bits per heavy atom. The first-order chi connectivity index (χ1) is 10.8. The molecule has 0 N–H and O–H groups in total. The molecule has 3 aromatic rings. The van der Waals surface area contributed by atoms with E-state index in [0.29, 0.717) is 0 Å². The van der Waals surface area contributed by atoms with Crippen molar-refractivity contribution in [2.75, 3.05) is 0 Å². The Labute approximate surface area is 130 Å². The third-order valence-electron chi connectivity index (χ3n) is 4.26. The molecule has 2 aromatic carbocycles. The Balaban J connectivity index is 1.76. The first kappa shape index (κ1) is 13.1. The molecule has 0 spiro atoms. The number of aromatic nitrogens is 2. The summed E-state index contributed by atoms with van der Waals surface area (Å²) in [5.74, 6) is 0. The highest BCUT2D eigenvalue weighted by atomic mass is 15.3. The van der Waals surface area contributed by atoms with E-state index >= 15 is 0 Å². The third-order valence-corrected chi connectivity index (χ3v) is 4.26. The molecule has 0 unspecified atom stereocenters. The summed E-state index contributed by atoms with van der Waals surface area (Å²) in [4.78, 5) is 0. The van der Waals surface area contributed by atoms with Gasteiger partial charge in [0.1, 0.15) is 0 Å². The molecule has 0 saturated carbocycles. The van der Waals surface area contributed by atoms with Gasteiger partial charge in [0.15, 0.2) is 0 Å². The summed E-state index contributed by atoms with van der Waals surface area (Å²) in [6, 6.07) is 19.3. The monoisotopic (exact) mass is 286 g/mol. The molecule has 0 aliphatic heterocycles. The van der Waals surface area contributed by atoms with Gasteiger partial charge in [-0.3, -0.25) is 4.68 Å². The maximum absolute atomic E-state index is 4.67. The summed E-state index contributed by atoms with van der Waals surface area (Å²) in [7, 11) is 2.03. The number of rotatable bonds is 2. The summed E-state index contributed by atoms with van der Waals surface area (Å²) in [5.41, 5.74) is 7.43. The molecule has 0 fully saturated rings. The topological polar surface area (TPSA) is 17.8 Å². The molecular weight excluding hydrogens is 268 g/mol. The average molecular weight is 286 g/mol. The molecule has 0 atom stereocenters. The van der Waals surface area contributed by atoms with Crippen molar-refractivity contribution < 1.29 is 0 Å². The zero-order valence-electron chi connectivity index (χ0n) is 12.7. The van der Waals surface area contributed by atoms with E-state index in [2.05, 4.69) is 65.8 Å². The zero-order chi connectivity index (χ0) is 14.9. The first-order valence-electron chi connectivity index (χ1n) is 7.71. The van der Waals surface area contributed by atoms with Crippen molar-refractivity contribution in [2.45, 2.75) is 12.8 Å². The van der Waals surface area contributed by atoms with Gasteiger partial charge in [0.2, 0.25) is 0 Å².